The van der Waals surface area contributed by atoms with Gasteiger partial charge in [0.25, 0.3) is 0 Å². The maximum absolute atomic E-state index is 12.8. The number of aromatic nitrogens is 1. The number of hydrogen-bond donors (Lipinski definition) is 0. The first kappa shape index (κ1) is 20.4. The van der Waals surface area contributed by atoms with Gasteiger partial charge >= 0.3 is 6.18 Å². The summed E-state index contributed by atoms with van der Waals surface area (Å²) in [5.41, 5.74) is 0.442. The lowest BCUT2D eigenvalue weighted by Gasteiger charge is -2.37. The van der Waals surface area contributed by atoms with E-state index in [-0.39, 0.29) is 10.9 Å². The summed E-state index contributed by atoms with van der Waals surface area (Å²) in [5, 5.41) is 2.06. The molecule has 10 heteroatoms. The fraction of sp³-hybridized carbons (Fsp3) is 0.474. The highest BCUT2D eigenvalue weighted by Crippen LogP contribution is 2.33. The van der Waals surface area contributed by atoms with Crippen molar-refractivity contribution < 1.29 is 18.0 Å². The van der Waals surface area contributed by atoms with Crippen molar-refractivity contribution in [1.82, 2.24) is 14.8 Å². The zero-order chi connectivity index (χ0) is 20.6. The maximum Gasteiger partial charge on any atom is 0.417 e. The van der Waals surface area contributed by atoms with E-state index in [4.69, 9.17) is 11.6 Å². The van der Waals surface area contributed by atoms with E-state index in [9.17, 15) is 18.0 Å². The van der Waals surface area contributed by atoms with Gasteiger partial charge in [0.15, 0.2) is 0 Å². The van der Waals surface area contributed by atoms with Crippen LogP contribution in [0, 0.1) is 0 Å². The van der Waals surface area contributed by atoms with Crippen LogP contribution in [0.5, 0.6) is 0 Å². The SMILES string of the molecule is O=C(CN1CCc2sccc2C1)N1CCN(c2ncc(C(F)(F)F)cc2Cl)CC1. The quantitative estimate of drug-likeness (QED) is 0.726. The molecule has 0 unspecified atom stereocenters. The topological polar surface area (TPSA) is 39.7 Å². The minimum atomic E-state index is -4.47. The van der Waals surface area contributed by atoms with E-state index in [0.29, 0.717) is 38.5 Å². The molecule has 0 aliphatic carbocycles. The Kier molecular flexibility index (Phi) is 5.72. The van der Waals surface area contributed by atoms with Crippen LogP contribution >= 0.6 is 22.9 Å². The standard InChI is InChI=1S/C19H20ClF3N4OS/c20-15-9-14(19(21,22)23)10-24-18(15)27-6-4-26(5-7-27)17(28)12-25-3-1-16-13(11-25)2-8-29-16/h2,8-10H,1,3-7,11-12H2. The molecule has 1 saturated heterocycles. The van der Waals surface area contributed by atoms with Crippen LogP contribution in [0.4, 0.5) is 19.0 Å². The van der Waals surface area contributed by atoms with Crippen molar-refractivity contribution in [2.75, 3.05) is 44.2 Å². The molecule has 2 aromatic heterocycles. The zero-order valence-electron chi connectivity index (χ0n) is 15.6. The van der Waals surface area contributed by atoms with Crippen LogP contribution in [0.15, 0.2) is 23.7 Å². The van der Waals surface area contributed by atoms with Gasteiger partial charge in [-0.25, -0.2) is 4.98 Å². The van der Waals surface area contributed by atoms with Gasteiger partial charge in [-0.3, -0.25) is 9.69 Å². The smallest absolute Gasteiger partial charge is 0.352 e. The van der Waals surface area contributed by atoms with Gasteiger partial charge in [-0.15, -0.1) is 11.3 Å². The number of halogens is 4. The second kappa shape index (κ2) is 8.12. The first-order valence-corrected chi connectivity index (χ1v) is 10.6. The van der Waals surface area contributed by atoms with E-state index in [0.717, 1.165) is 31.8 Å². The third kappa shape index (κ3) is 4.51. The van der Waals surface area contributed by atoms with Crippen LogP contribution in [-0.2, 0) is 23.9 Å². The highest BCUT2D eigenvalue weighted by atomic mass is 35.5. The van der Waals surface area contributed by atoms with Crippen LogP contribution in [0.2, 0.25) is 5.02 Å². The number of carbonyl (C=O) groups excluding carboxylic acids is 1. The molecular formula is C19H20ClF3N4OS. The minimum absolute atomic E-state index is 0.0283. The lowest BCUT2D eigenvalue weighted by atomic mass is 10.1. The molecule has 0 aromatic carbocycles. The van der Waals surface area contributed by atoms with E-state index in [1.165, 1.54) is 10.4 Å². The van der Waals surface area contributed by atoms with Gasteiger partial charge in [-0.05, 0) is 29.5 Å². The van der Waals surface area contributed by atoms with Crippen LogP contribution < -0.4 is 4.90 Å². The molecule has 2 aromatic rings. The fourth-order valence-electron chi connectivity index (χ4n) is 3.72. The number of fused-ring (bicyclic) bond motifs is 1. The third-order valence-corrected chi connectivity index (χ3v) is 6.63. The Hall–Kier alpha value is -1.84. The molecule has 0 atom stereocenters. The number of amides is 1. The summed E-state index contributed by atoms with van der Waals surface area (Å²) < 4.78 is 38.3. The van der Waals surface area contributed by atoms with Gasteiger partial charge < -0.3 is 9.80 Å². The first-order chi connectivity index (χ1) is 13.8. The highest BCUT2D eigenvalue weighted by molar-refractivity contribution is 7.10. The Morgan fingerprint density at radius 3 is 2.66 bits per heavy atom. The molecule has 0 N–H and O–H groups in total. The third-order valence-electron chi connectivity index (χ3n) is 5.33. The van der Waals surface area contributed by atoms with E-state index < -0.39 is 11.7 Å². The number of carbonyl (C=O) groups is 1. The van der Waals surface area contributed by atoms with Crippen molar-refractivity contribution in [3.8, 4) is 0 Å². The normalized spacial score (nSPS) is 18.1. The van der Waals surface area contributed by atoms with E-state index >= 15 is 0 Å². The molecule has 2 aliphatic rings. The molecule has 0 spiro atoms. The van der Waals surface area contributed by atoms with E-state index in [1.54, 1.807) is 16.2 Å². The number of pyridine rings is 1. The summed E-state index contributed by atoms with van der Waals surface area (Å²) in [7, 11) is 0. The summed E-state index contributed by atoms with van der Waals surface area (Å²) in [6.07, 6.45) is -2.70. The molecule has 0 saturated carbocycles. The minimum Gasteiger partial charge on any atom is -0.352 e. The molecule has 0 bridgehead atoms. The van der Waals surface area contributed by atoms with Crippen LogP contribution in [0.1, 0.15) is 16.0 Å². The van der Waals surface area contributed by atoms with E-state index in [2.05, 4.69) is 21.3 Å². The van der Waals surface area contributed by atoms with Gasteiger partial charge in [0, 0.05) is 50.3 Å². The largest absolute Gasteiger partial charge is 0.417 e. The Bertz CT molecular complexity index is 896. The van der Waals surface area contributed by atoms with Gasteiger partial charge in [-0.2, -0.15) is 13.2 Å². The van der Waals surface area contributed by atoms with Crippen LogP contribution in [0.3, 0.4) is 0 Å². The maximum atomic E-state index is 12.8. The van der Waals surface area contributed by atoms with Gasteiger partial charge in [-0.1, -0.05) is 11.6 Å². The molecule has 1 amide bonds. The molecule has 4 rings (SSSR count). The number of piperazine rings is 1. The fourth-order valence-corrected chi connectivity index (χ4v) is 4.89. The van der Waals surface area contributed by atoms with Crippen molar-refractivity contribution in [3.05, 3.63) is 44.7 Å². The van der Waals surface area contributed by atoms with Crippen molar-refractivity contribution in [2.45, 2.75) is 19.1 Å². The zero-order valence-corrected chi connectivity index (χ0v) is 17.2. The molecular weight excluding hydrogens is 425 g/mol. The van der Waals surface area contributed by atoms with Gasteiger partial charge in [0.05, 0.1) is 17.1 Å². The highest BCUT2D eigenvalue weighted by Gasteiger charge is 2.32. The van der Waals surface area contributed by atoms with Crippen molar-refractivity contribution in [1.29, 1.82) is 0 Å². The average molecular weight is 445 g/mol. The second-order valence-electron chi connectivity index (χ2n) is 7.22. The van der Waals surface area contributed by atoms with Crippen molar-refractivity contribution >= 4 is 34.7 Å². The first-order valence-electron chi connectivity index (χ1n) is 9.34. The average Bonchev–Trinajstić information content (AvgIpc) is 3.15. The van der Waals surface area contributed by atoms with Gasteiger partial charge in [0.1, 0.15) is 5.82 Å². The number of thiophene rings is 1. The molecule has 2 aliphatic heterocycles. The molecule has 0 radical (unpaired) electrons. The Balaban J connectivity index is 1.32. The van der Waals surface area contributed by atoms with Crippen LogP contribution in [0.25, 0.3) is 0 Å². The molecule has 29 heavy (non-hydrogen) atoms. The summed E-state index contributed by atoms with van der Waals surface area (Å²) >= 11 is 7.81. The number of rotatable bonds is 3. The number of anilines is 1. The molecule has 1 fully saturated rings. The Morgan fingerprint density at radius 2 is 1.97 bits per heavy atom. The summed E-state index contributed by atoms with van der Waals surface area (Å²) in [4.78, 5) is 23.8. The van der Waals surface area contributed by atoms with Gasteiger partial charge in [0.2, 0.25) is 5.91 Å². The molecule has 4 heterocycles. The lowest BCUT2D eigenvalue weighted by Crippen LogP contribution is -2.51. The van der Waals surface area contributed by atoms with Crippen molar-refractivity contribution in [2.24, 2.45) is 0 Å². The second-order valence-corrected chi connectivity index (χ2v) is 8.63. The lowest BCUT2D eigenvalue weighted by molar-refractivity contribution is -0.138. The predicted octanol–water partition coefficient (Wildman–Crippen LogP) is 3.52. The summed E-state index contributed by atoms with van der Waals surface area (Å²) in [6.45, 7) is 4.02. The molecule has 156 valence electrons. The van der Waals surface area contributed by atoms with Crippen molar-refractivity contribution in [3.63, 3.8) is 0 Å². The summed E-state index contributed by atoms with van der Waals surface area (Å²) in [6, 6.07) is 3.02. The number of nitrogens with zero attached hydrogens (tertiary/aromatic N) is 4. The number of alkyl halides is 3. The predicted molar refractivity (Wildman–Crippen MR) is 106 cm³/mol. The summed E-state index contributed by atoms with van der Waals surface area (Å²) in [5.74, 6) is 0.405. The Labute approximate surface area is 175 Å². The van der Waals surface area contributed by atoms with Crippen LogP contribution in [-0.4, -0.2) is 60.0 Å². The monoisotopic (exact) mass is 444 g/mol. The Morgan fingerprint density at radius 1 is 1.21 bits per heavy atom. The molecule has 5 nitrogen and oxygen atoms in total. The van der Waals surface area contributed by atoms with E-state index in [1.807, 2.05) is 4.90 Å². The number of hydrogen-bond acceptors (Lipinski definition) is 5.